The van der Waals surface area contributed by atoms with Crippen molar-refractivity contribution in [1.82, 2.24) is 15.3 Å². The number of aliphatic carboxylic acids is 1. The fraction of sp³-hybridized carbons (Fsp3) is 0.545. The molecule has 2 N–H and O–H groups in total. The largest absolute Gasteiger partial charge is 0.480 e. The van der Waals surface area contributed by atoms with E-state index in [4.69, 9.17) is 5.11 Å². The van der Waals surface area contributed by atoms with Gasteiger partial charge in [-0.2, -0.15) is 0 Å². The maximum atomic E-state index is 11.0. The number of nitrogens with zero attached hydrogens (tertiary/aromatic N) is 2. The summed E-state index contributed by atoms with van der Waals surface area (Å²) in [6.45, 7) is 2.33. The molecule has 0 amide bonds. The number of rotatable bonds is 5. The molecular formula is C11H15N3O2. The monoisotopic (exact) mass is 221 g/mol. The van der Waals surface area contributed by atoms with Crippen LogP contribution in [0.1, 0.15) is 24.2 Å². The molecule has 1 fully saturated rings. The van der Waals surface area contributed by atoms with Crippen LogP contribution in [0.3, 0.4) is 0 Å². The molecule has 0 spiro atoms. The summed E-state index contributed by atoms with van der Waals surface area (Å²) in [4.78, 5) is 19.2. The Balaban J connectivity index is 1.90. The molecule has 1 aromatic rings. The molecule has 86 valence electrons. The molecule has 1 aromatic heterocycles. The van der Waals surface area contributed by atoms with E-state index in [0.717, 1.165) is 24.2 Å². The Kier molecular flexibility index (Phi) is 3.14. The zero-order valence-electron chi connectivity index (χ0n) is 9.18. The van der Waals surface area contributed by atoms with Crippen LogP contribution in [0.25, 0.3) is 0 Å². The maximum absolute atomic E-state index is 11.0. The van der Waals surface area contributed by atoms with Crippen LogP contribution in [0, 0.1) is 12.8 Å². The number of aromatic nitrogens is 2. The van der Waals surface area contributed by atoms with Gasteiger partial charge in [0.2, 0.25) is 0 Å². The first-order chi connectivity index (χ1) is 7.66. The Morgan fingerprint density at radius 2 is 2.31 bits per heavy atom. The van der Waals surface area contributed by atoms with Crippen molar-refractivity contribution in [2.75, 3.05) is 0 Å². The minimum Gasteiger partial charge on any atom is -0.480 e. The van der Waals surface area contributed by atoms with Crippen molar-refractivity contribution in [1.29, 1.82) is 0 Å². The van der Waals surface area contributed by atoms with Crippen LogP contribution in [0.5, 0.6) is 0 Å². The van der Waals surface area contributed by atoms with Crippen LogP contribution >= 0.6 is 0 Å². The highest BCUT2D eigenvalue weighted by atomic mass is 16.4. The van der Waals surface area contributed by atoms with E-state index in [1.54, 1.807) is 12.4 Å². The molecule has 1 unspecified atom stereocenters. The number of hydrogen-bond donors (Lipinski definition) is 2. The second-order valence-corrected chi connectivity index (χ2v) is 4.18. The van der Waals surface area contributed by atoms with Gasteiger partial charge in [-0.1, -0.05) is 0 Å². The Morgan fingerprint density at radius 1 is 1.56 bits per heavy atom. The molecule has 0 bridgehead atoms. The molecule has 0 saturated heterocycles. The molecule has 1 aliphatic carbocycles. The van der Waals surface area contributed by atoms with E-state index in [0.29, 0.717) is 6.54 Å². The molecule has 16 heavy (non-hydrogen) atoms. The molecular weight excluding hydrogens is 206 g/mol. The number of carboxylic acid groups (broad SMARTS) is 1. The summed E-state index contributed by atoms with van der Waals surface area (Å²) >= 11 is 0. The third kappa shape index (κ3) is 2.76. The lowest BCUT2D eigenvalue weighted by atomic mass is 10.2. The van der Waals surface area contributed by atoms with E-state index in [9.17, 15) is 4.79 Å². The van der Waals surface area contributed by atoms with E-state index in [1.165, 1.54) is 0 Å². The number of carboxylic acids is 1. The smallest absolute Gasteiger partial charge is 0.320 e. The molecule has 0 radical (unpaired) electrons. The summed E-state index contributed by atoms with van der Waals surface area (Å²) in [5.74, 6) is -0.488. The first-order valence-electron chi connectivity index (χ1n) is 5.40. The van der Waals surface area contributed by atoms with Gasteiger partial charge in [-0.3, -0.25) is 20.1 Å². The van der Waals surface area contributed by atoms with Crippen LogP contribution < -0.4 is 5.32 Å². The lowest BCUT2D eigenvalue weighted by molar-refractivity contribution is -0.140. The minimum atomic E-state index is -0.775. The van der Waals surface area contributed by atoms with Crippen LogP contribution in [-0.2, 0) is 11.3 Å². The lowest BCUT2D eigenvalue weighted by Crippen LogP contribution is -2.38. The van der Waals surface area contributed by atoms with Gasteiger partial charge in [0.15, 0.2) is 0 Å². The topological polar surface area (TPSA) is 75.1 Å². The Bertz CT molecular complexity index is 373. The van der Waals surface area contributed by atoms with E-state index in [-0.39, 0.29) is 5.92 Å². The molecule has 5 nitrogen and oxygen atoms in total. The highest BCUT2D eigenvalue weighted by molar-refractivity contribution is 5.74. The Hall–Kier alpha value is -1.49. The molecule has 1 aliphatic rings. The van der Waals surface area contributed by atoms with Crippen molar-refractivity contribution in [3.05, 3.63) is 23.8 Å². The van der Waals surface area contributed by atoms with Crippen molar-refractivity contribution in [3.8, 4) is 0 Å². The van der Waals surface area contributed by atoms with Gasteiger partial charge < -0.3 is 5.11 Å². The predicted molar refractivity (Wildman–Crippen MR) is 57.8 cm³/mol. The second-order valence-electron chi connectivity index (χ2n) is 4.18. The third-order valence-electron chi connectivity index (χ3n) is 2.70. The van der Waals surface area contributed by atoms with Crippen molar-refractivity contribution >= 4 is 5.97 Å². The summed E-state index contributed by atoms with van der Waals surface area (Å²) in [7, 11) is 0. The average molecular weight is 221 g/mol. The molecule has 2 rings (SSSR count). The van der Waals surface area contributed by atoms with E-state index in [1.807, 2.05) is 6.92 Å². The van der Waals surface area contributed by atoms with Gasteiger partial charge in [0, 0.05) is 18.9 Å². The number of nitrogens with one attached hydrogen (secondary N) is 1. The molecule has 1 heterocycles. The Morgan fingerprint density at radius 3 is 2.81 bits per heavy atom. The first kappa shape index (κ1) is 11.0. The standard InChI is InChI=1S/C11H15N3O2/c1-7-4-13-9(5-12-7)6-14-10(11(15)16)8-2-3-8/h4-5,8,10,14H,2-3,6H2,1H3,(H,15,16). The van der Waals surface area contributed by atoms with Gasteiger partial charge >= 0.3 is 5.97 Å². The van der Waals surface area contributed by atoms with Crippen LogP contribution in [0.2, 0.25) is 0 Å². The summed E-state index contributed by atoms with van der Waals surface area (Å²) in [5, 5.41) is 12.0. The van der Waals surface area contributed by atoms with Gasteiger partial charge in [-0.05, 0) is 25.7 Å². The van der Waals surface area contributed by atoms with E-state index < -0.39 is 12.0 Å². The maximum Gasteiger partial charge on any atom is 0.320 e. The zero-order valence-corrected chi connectivity index (χ0v) is 9.18. The fourth-order valence-corrected chi connectivity index (χ4v) is 1.61. The van der Waals surface area contributed by atoms with Gasteiger partial charge in [-0.15, -0.1) is 0 Å². The minimum absolute atomic E-state index is 0.288. The second kappa shape index (κ2) is 4.57. The molecule has 5 heteroatoms. The molecule has 1 atom stereocenters. The first-order valence-corrected chi connectivity index (χ1v) is 5.40. The normalized spacial score (nSPS) is 17.1. The summed E-state index contributed by atoms with van der Waals surface area (Å²) in [5.41, 5.74) is 1.64. The van der Waals surface area contributed by atoms with Crippen molar-refractivity contribution in [2.45, 2.75) is 32.4 Å². The SMILES string of the molecule is Cc1cnc(CNC(C(=O)O)C2CC2)cn1. The van der Waals surface area contributed by atoms with Crippen LogP contribution in [0.4, 0.5) is 0 Å². The number of hydrogen-bond acceptors (Lipinski definition) is 4. The highest BCUT2D eigenvalue weighted by Crippen LogP contribution is 2.32. The predicted octanol–water partition coefficient (Wildman–Crippen LogP) is 0.738. The number of aryl methyl sites for hydroxylation is 1. The van der Waals surface area contributed by atoms with Crippen LogP contribution in [-0.4, -0.2) is 27.1 Å². The average Bonchev–Trinajstić information content (AvgIpc) is 3.05. The summed E-state index contributed by atoms with van der Waals surface area (Å²) in [6.07, 6.45) is 5.37. The van der Waals surface area contributed by atoms with Gasteiger partial charge in [-0.25, -0.2) is 0 Å². The van der Waals surface area contributed by atoms with Crippen LogP contribution in [0.15, 0.2) is 12.4 Å². The summed E-state index contributed by atoms with van der Waals surface area (Å²) in [6, 6.07) is -0.442. The fourth-order valence-electron chi connectivity index (χ4n) is 1.61. The van der Waals surface area contributed by atoms with Gasteiger partial charge in [0.05, 0.1) is 11.4 Å². The van der Waals surface area contributed by atoms with E-state index in [2.05, 4.69) is 15.3 Å². The van der Waals surface area contributed by atoms with Gasteiger partial charge in [0.1, 0.15) is 6.04 Å². The number of carbonyl (C=O) groups is 1. The van der Waals surface area contributed by atoms with Crippen molar-refractivity contribution in [3.63, 3.8) is 0 Å². The Labute approximate surface area is 93.9 Å². The molecule has 1 saturated carbocycles. The molecule has 0 aliphatic heterocycles. The lowest BCUT2D eigenvalue weighted by Gasteiger charge is -2.12. The molecule has 0 aromatic carbocycles. The highest BCUT2D eigenvalue weighted by Gasteiger charge is 2.35. The third-order valence-corrected chi connectivity index (χ3v) is 2.70. The summed E-state index contributed by atoms with van der Waals surface area (Å²) < 4.78 is 0. The van der Waals surface area contributed by atoms with Gasteiger partial charge in [0.25, 0.3) is 0 Å². The van der Waals surface area contributed by atoms with Crippen molar-refractivity contribution in [2.24, 2.45) is 5.92 Å². The van der Waals surface area contributed by atoms with E-state index >= 15 is 0 Å². The van der Waals surface area contributed by atoms with Crippen molar-refractivity contribution < 1.29 is 9.90 Å². The zero-order chi connectivity index (χ0) is 11.5. The quantitative estimate of drug-likeness (QED) is 0.767.